The number of allylic oxidation sites excluding steroid dienone is 17. The minimum atomic E-state index is -3.86. The van der Waals surface area contributed by atoms with Crippen LogP contribution in [0.2, 0.25) is 0 Å². The van der Waals surface area contributed by atoms with Crippen molar-refractivity contribution in [2.75, 3.05) is 0 Å². The highest BCUT2D eigenvalue weighted by atomic mass is 32.2. The summed E-state index contributed by atoms with van der Waals surface area (Å²) in [6.45, 7) is 13.5. The monoisotopic (exact) mass is 586 g/mol. The summed E-state index contributed by atoms with van der Waals surface area (Å²) in [5.41, 5.74) is 0. The van der Waals surface area contributed by atoms with Crippen LogP contribution in [-0.2, 0) is 24.4 Å². The van der Waals surface area contributed by atoms with E-state index in [4.69, 9.17) is 4.74 Å². The first-order valence-corrected chi connectivity index (χ1v) is 15.7. The van der Waals surface area contributed by atoms with Gasteiger partial charge in [-0.15, -0.1) is 0 Å². The second kappa shape index (κ2) is 18.6. The number of aliphatic hydroxyl groups is 1. The topological polar surface area (TPSA) is 97.7 Å². The maximum Gasteiger partial charge on any atom is 0.205 e. The van der Waals surface area contributed by atoms with E-state index in [9.17, 15) is 21.9 Å². The quantitative estimate of drug-likeness (QED) is 0.162. The summed E-state index contributed by atoms with van der Waals surface area (Å²) >= 11 is 0. The summed E-state index contributed by atoms with van der Waals surface area (Å²) in [4.78, 5) is 0.335. The Bertz CT molecular complexity index is 1450. The Morgan fingerprint density at radius 3 is 1.18 bits per heavy atom. The first-order valence-electron chi connectivity index (χ1n) is 12.8. The molecule has 0 heterocycles. The molecule has 0 aromatic carbocycles. The standard InChI is InChI=1S/C32H42O6S2/c1-9-17-18-19-29(13-5)39(34,35)31(15-7)24-21-27(11-3)38-28(12-4)22-25-32(16-8)40(36,37)30(14-6)23-20-26(33)10-2/h9-25,33H,1-8H3/b17-9-,19-18-,23-20-,24-21-,25-22-,26-10+,27-11+,28-12+,29-13+,30-14+,31-15+,32-16+. The number of hydrogen-bond acceptors (Lipinski definition) is 6. The Labute approximate surface area is 241 Å². The zero-order chi connectivity index (χ0) is 30.8. The zero-order valence-corrected chi connectivity index (χ0v) is 26.3. The van der Waals surface area contributed by atoms with Crippen molar-refractivity contribution in [3.63, 3.8) is 0 Å². The van der Waals surface area contributed by atoms with Gasteiger partial charge in [0.05, 0.1) is 19.6 Å². The predicted molar refractivity (Wildman–Crippen MR) is 169 cm³/mol. The second-order valence-electron chi connectivity index (χ2n) is 7.85. The largest absolute Gasteiger partial charge is 0.508 e. The van der Waals surface area contributed by atoms with E-state index in [2.05, 4.69) is 0 Å². The van der Waals surface area contributed by atoms with E-state index in [-0.39, 0.29) is 25.4 Å². The van der Waals surface area contributed by atoms with Crippen LogP contribution in [0.15, 0.2) is 140 Å². The molecule has 0 aromatic heterocycles. The van der Waals surface area contributed by atoms with Crippen LogP contribution in [0.5, 0.6) is 0 Å². The van der Waals surface area contributed by atoms with E-state index in [0.717, 1.165) is 0 Å². The fraction of sp³-hybridized carbons (Fsp3) is 0.250. The van der Waals surface area contributed by atoms with Crippen LogP contribution >= 0.6 is 0 Å². The highest BCUT2D eigenvalue weighted by Crippen LogP contribution is 2.23. The Morgan fingerprint density at radius 1 is 0.475 bits per heavy atom. The number of aliphatic hydroxyl groups excluding tert-OH is 1. The molecule has 0 aromatic rings. The molecule has 0 spiro atoms. The lowest BCUT2D eigenvalue weighted by molar-refractivity contribution is 0.334. The minimum absolute atomic E-state index is 0.0276. The smallest absolute Gasteiger partial charge is 0.205 e. The number of ether oxygens (including phenoxy) is 1. The average molecular weight is 587 g/mol. The van der Waals surface area contributed by atoms with Crippen molar-refractivity contribution >= 4 is 19.7 Å². The van der Waals surface area contributed by atoms with E-state index in [0.29, 0.717) is 11.5 Å². The van der Waals surface area contributed by atoms with Crippen molar-refractivity contribution in [1.82, 2.24) is 0 Å². The van der Waals surface area contributed by atoms with Gasteiger partial charge in [0.2, 0.25) is 19.7 Å². The third-order valence-corrected chi connectivity index (χ3v) is 9.26. The fourth-order valence-corrected chi connectivity index (χ4v) is 5.79. The van der Waals surface area contributed by atoms with Crippen molar-refractivity contribution in [2.24, 2.45) is 0 Å². The number of rotatable bonds is 14. The van der Waals surface area contributed by atoms with Gasteiger partial charge in [0, 0.05) is 0 Å². The average Bonchev–Trinajstić information content (AvgIpc) is 2.93. The van der Waals surface area contributed by atoms with Crippen LogP contribution in [0.1, 0.15) is 55.4 Å². The summed E-state index contributed by atoms with van der Waals surface area (Å²) in [5, 5.41) is 9.64. The summed E-state index contributed by atoms with van der Waals surface area (Å²) in [7, 11) is -7.60. The summed E-state index contributed by atoms with van der Waals surface area (Å²) < 4.78 is 58.4. The Hall–Kier alpha value is -3.62. The van der Waals surface area contributed by atoms with Crippen molar-refractivity contribution in [1.29, 1.82) is 0 Å². The molecule has 0 atom stereocenters. The van der Waals surface area contributed by atoms with Gasteiger partial charge in [-0.2, -0.15) is 0 Å². The first kappa shape index (κ1) is 36.4. The van der Waals surface area contributed by atoms with Crippen molar-refractivity contribution in [2.45, 2.75) is 55.4 Å². The van der Waals surface area contributed by atoms with Crippen LogP contribution in [-0.4, -0.2) is 21.9 Å². The zero-order valence-electron chi connectivity index (χ0n) is 24.6. The van der Waals surface area contributed by atoms with Crippen molar-refractivity contribution < 1.29 is 26.7 Å². The van der Waals surface area contributed by atoms with Crippen LogP contribution < -0.4 is 0 Å². The summed E-state index contributed by atoms with van der Waals surface area (Å²) in [5.74, 6) is 0.664. The molecular formula is C32H42O6S2. The molecule has 0 rings (SSSR count). The van der Waals surface area contributed by atoms with Gasteiger partial charge in [0.25, 0.3) is 0 Å². The SMILES string of the molecule is C\C=C/C=C\C(=C/C)S(=O)(=O)C(/C=C\C(=C/C)OC(/C=C\C(=C/C)S(=O)(=O)C(/C=C\C(O)=C/C)=C/C)=C/C)=C/C. The Kier molecular flexibility index (Phi) is 16.9. The van der Waals surface area contributed by atoms with Gasteiger partial charge in [0.1, 0.15) is 17.3 Å². The molecule has 1 N–H and O–H groups in total. The van der Waals surface area contributed by atoms with Crippen LogP contribution in [0, 0.1) is 0 Å². The third kappa shape index (κ3) is 11.2. The van der Waals surface area contributed by atoms with Crippen LogP contribution in [0.25, 0.3) is 0 Å². The molecule has 0 bridgehead atoms. The molecule has 0 aliphatic heterocycles. The third-order valence-electron chi connectivity index (χ3n) is 5.29. The molecule has 0 radical (unpaired) electrons. The van der Waals surface area contributed by atoms with E-state index < -0.39 is 19.7 Å². The van der Waals surface area contributed by atoms with Gasteiger partial charge in [-0.3, -0.25) is 0 Å². The molecule has 0 saturated heterocycles. The minimum Gasteiger partial charge on any atom is -0.508 e. The lowest BCUT2D eigenvalue weighted by Gasteiger charge is -2.10. The molecular weight excluding hydrogens is 544 g/mol. The predicted octanol–water partition coefficient (Wildman–Crippen LogP) is 8.52. The molecule has 40 heavy (non-hydrogen) atoms. The number of hydrogen-bond donors (Lipinski definition) is 1. The molecule has 8 heteroatoms. The Balaban J connectivity index is 6.03. The van der Waals surface area contributed by atoms with E-state index in [1.807, 2.05) is 6.92 Å². The van der Waals surface area contributed by atoms with E-state index >= 15 is 0 Å². The fourth-order valence-electron chi connectivity index (χ4n) is 3.00. The molecule has 218 valence electrons. The molecule has 0 fully saturated rings. The van der Waals surface area contributed by atoms with Gasteiger partial charge < -0.3 is 9.84 Å². The molecule has 0 unspecified atom stereocenters. The summed E-state index contributed by atoms with van der Waals surface area (Å²) in [6, 6.07) is 0. The van der Waals surface area contributed by atoms with Gasteiger partial charge in [0.15, 0.2) is 0 Å². The molecule has 0 saturated carbocycles. The Morgan fingerprint density at radius 2 is 0.850 bits per heavy atom. The van der Waals surface area contributed by atoms with Crippen LogP contribution in [0.4, 0.5) is 0 Å². The van der Waals surface area contributed by atoms with Crippen LogP contribution in [0.3, 0.4) is 0 Å². The highest BCUT2D eigenvalue weighted by Gasteiger charge is 2.20. The first-order chi connectivity index (χ1) is 18.9. The summed E-state index contributed by atoms with van der Waals surface area (Å²) in [6.07, 6.45) is 26.1. The highest BCUT2D eigenvalue weighted by molar-refractivity contribution is 7.99. The molecule has 0 aliphatic rings. The van der Waals surface area contributed by atoms with Crippen molar-refractivity contribution in [3.8, 4) is 0 Å². The van der Waals surface area contributed by atoms with E-state index in [1.165, 1.54) is 72.9 Å². The van der Waals surface area contributed by atoms with Gasteiger partial charge >= 0.3 is 0 Å². The second-order valence-corrected chi connectivity index (χ2v) is 11.8. The number of sulfone groups is 2. The maximum absolute atomic E-state index is 13.1. The van der Waals surface area contributed by atoms with E-state index in [1.54, 1.807) is 78.8 Å². The van der Waals surface area contributed by atoms with Crippen molar-refractivity contribution in [3.05, 3.63) is 140 Å². The van der Waals surface area contributed by atoms with Gasteiger partial charge in [-0.25, -0.2) is 16.8 Å². The molecule has 0 aliphatic carbocycles. The lowest BCUT2D eigenvalue weighted by atomic mass is 10.3. The van der Waals surface area contributed by atoms with Gasteiger partial charge in [-0.05, 0) is 116 Å². The molecule has 0 amide bonds. The van der Waals surface area contributed by atoms with Gasteiger partial charge in [-0.1, -0.05) is 42.5 Å². The maximum atomic E-state index is 13.1. The lowest BCUT2D eigenvalue weighted by Crippen LogP contribution is -2.05. The normalized spacial score (nSPS) is 16.6. The molecule has 6 nitrogen and oxygen atoms in total.